The molecule has 0 radical (unpaired) electrons. The summed E-state index contributed by atoms with van der Waals surface area (Å²) in [7, 11) is 1.56. The number of amides is 1. The molecule has 0 spiro atoms. The van der Waals surface area contributed by atoms with Crippen LogP contribution in [0.5, 0.6) is 11.6 Å². The third-order valence-corrected chi connectivity index (χ3v) is 6.55. The summed E-state index contributed by atoms with van der Waals surface area (Å²) in [6, 6.07) is 20.1. The van der Waals surface area contributed by atoms with Gasteiger partial charge < -0.3 is 20.1 Å². The van der Waals surface area contributed by atoms with E-state index in [-0.39, 0.29) is 24.0 Å². The van der Waals surface area contributed by atoms with E-state index in [0.29, 0.717) is 39.6 Å². The molecule has 0 fully saturated rings. The van der Waals surface area contributed by atoms with Crippen molar-refractivity contribution < 1.29 is 19.0 Å². The highest BCUT2D eigenvalue weighted by Crippen LogP contribution is 2.35. The average Bonchev–Trinajstić information content (AvgIpc) is 3.63. The highest BCUT2D eigenvalue weighted by Gasteiger charge is 2.16. The molecule has 0 bridgehead atoms. The van der Waals surface area contributed by atoms with E-state index < -0.39 is 0 Å². The topological polar surface area (TPSA) is 129 Å². The summed E-state index contributed by atoms with van der Waals surface area (Å²) in [5, 5.41) is 20.6. The zero-order valence-corrected chi connectivity index (χ0v) is 21.3. The van der Waals surface area contributed by atoms with E-state index in [2.05, 4.69) is 30.5 Å². The Morgan fingerprint density at radius 3 is 2.67 bits per heavy atom. The fraction of sp³-hybridized carbons (Fsp3) is 0.0667. The first-order valence-corrected chi connectivity index (χ1v) is 12.4. The Balaban J connectivity index is 1.24. The Kier molecular flexibility index (Phi) is 6.41. The lowest BCUT2D eigenvalue weighted by molar-refractivity contribution is 0.0951. The van der Waals surface area contributed by atoms with Crippen molar-refractivity contribution in [1.29, 1.82) is 0 Å². The molecule has 4 N–H and O–H groups in total. The highest BCUT2D eigenvalue weighted by atomic mass is 19.1. The minimum atomic E-state index is -0.330. The molecule has 10 heteroatoms. The maximum Gasteiger partial charge on any atom is 0.251 e. The summed E-state index contributed by atoms with van der Waals surface area (Å²) in [6.07, 6.45) is 3.35. The number of aromatic nitrogens is 5. The molecule has 0 aliphatic carbocycles. The zero-order chi connectivity index (χ0) is 27.6. The molecule has 0 atom stereocenters. The number of nitrogens with one attached hydrogen (secondary N) is 3. The van der Waals surface area contributed by atoms with Crippen LogP contribution in [0.25, 0.3) is 44.8 Å². The first-order chi connectivity index (χ1) is 19.5. The predicted octanol–water partition coefficient (Wildman–Crippen LogP) is 5.47. The number of H-pyrrole nitrogens is 2. The smallest absolute Gasteiger partial charge is 0.251 e. The van der Waals surface area contributed by atoms with Crippen LogP contribution in [0, 0.1) is 5.82 Å². The molecule has 40 heavy (non-hydrogen) atoms. The van der Waals surface area contributed by atoms with Crippen LogP contribution in [0.3, 0.4) is 0 Å². The van der Waals surface area contributed by atoms with Gasteiger partial charge in [-0.25, -0.2) is 14.4 Å². The molecule has 0 saturated carbocycles. The number of pyridine rings is 1. The molecule has 0 unspecified atom stereocenters. The minimum Gasteiger partial charge on any atom is -0.507 e. The van der Waals surface area contributed by atoms with Gasteiger partial charge in [0, 0.05) is 41.2 Å². The van der Waals surface area contributed by atoms with E-state index in [9.17, 15) is 14.3 Å². The van der Waals surface area contributed by atoms with Gasteiger partial charge in [0.1, 0.15) is 17.4 Å². The number of carbonyl (C=O) groups excluding carboxylic acids is 1. The number of hydrogen-bond acceptors (Lipinski definition) is 6. The number of benzene rings is 3. The molecule has 3 aromatic heterocycles. The summed E-state index contributed by atoms with van der Waals surface area (Å²) in [6.45, 7) is 0.229. The average molecular weight is 535 g/mol. The second-order valence-electron chi connectivity index (χ2n) is 9.06. The number of phenolic OH excluding ortho intramolecular Hbond substituents is 1. The van der Waals surface area contributed by atoms with Gasteiger partial charge in [-0.15, -0.1) is 0 Å². The van der Waals surface area contributed by atoms with Crippen molar-refractivity contribution in [3.8, 4) is 45.4 Å². The maximum absolute atomic E-state index is 13.3. The second kappa shape index (κ2) is 10.3. The lowest BCUT2D eigenvalue weighted by Crippen LogP contribution is -2.22. The third kappa shape index (κ3) is 4.73. The summed E-state index contributed by atoms with van der Waals surface area (Å²) >= 11 is 0. The summed E-state index contributed by atoms with van der Waals surface area (Å²) < 4.78 is 18.7. The summed E-state index contributed by atoms with van der Waals surface area (Å²) in [4.78, 5) is 25.1. The van der Waals surface area contributed by atoms with E-state index in [1.807, 2.05) is 18.2 Å². The molecule has 198 valence electrons. The molecule has 9 nitrogen and oxygen atoms in total. The Morgan fingerprint density at radius 1 is 1.02 bits per heavy atom. The number of fused-ring (bicyclic) bond motifs is 1. The van der Waals surface area contributed by atoms with Crippen molar-refractivity contribution in [2.24, 2.45) is 0 Å². The zero-order valence-electron chi connectivity index (χ0n) is 21.3. The van der Waals surface area contributed by atoms with Gasteiger partial charge in [-0.05, 0) is 72.3 Å². The number of imidazole rings is 1. The lowest BCUT2D eigenvalue weighted by Gasteiger charge is -2.09. The van der Waals surface area contributed by atoms with E-state index >= 15 is 0 Å². The Morgan fingerprint density at radius 2 is 1.85 bits per heavy atom. The SMILES string of the molecule is COc1ncccc1-c1ccc(O)c(-c2nc3ccc(C(=O)NCc4c[nH]nc4-c4ccc(F)cc4)cc3[nH]2)c1. The largest absolute Gasteiger partial charge is 0.507 e. The molecule has 0 saturated heterocycles. The lowest BCUT2D eigenvalue weighted by atomic mass is 10.0. The Bertz CT molecular complexity index is 1840. The fourth-order valence-electron chi connectivity index (χ4n) is 4.53. The van der Waals surface area contributed by atoms with E-state index in [0.717, 1.165) is 22.3 Å². The molecular formula is C30H23FN6O3. The van der Waals surface area contributed by atoms with E-state index in [1.165, 1.54) is 12.1 Å². The number of aromatic hydroxyl groups is 1. The van der Waals surface area contributed by atoms with Gasteiger partial charge >= 0.3 is 0 Å². The van der Waals surface area contributed by atoms with Gasteiger partial charge in [0.15, 0.2) is 0 Å². The number of hydrogen-bond donors (Lipinski definition) is 4. The fourth-order valence-corrected chi connectivity index (χ4v) is 4.53. The molecule has 1 amide bonds. The van der Waals surface area contributed by atoms with Crippen molar-refractivity contribution in [2.75, 3.05) is 7.11 Å². The van der Waals surface area contributed by atoms with Crippen molar-refractivity contribution >= 4 is 16.9 Å². The van der Waals surface area contributed by atoms with Gasteiger partial charge in [-0.2, -0.15) is 5.10 Å². The van der Waals surface area contributed by atoms with Crippen molar-refractivity contribution in [2.45, 2.75) is 6.54 Å². The Hall–Kier alpha value is -5.51. The monoisotopic (exact) mass is 534 g/mol. The number of carbonyl (C=O) groups is 1. The molecule has 3 heterocycles. The van der Waals surface area contributed by atoms with Crippen molar-refractivity contribution in [3.63, 3.8) is 0 Å². The highest BCUT2D eigenvalue weighted by molar-refractivity contribution is 5.98. The maximum atomic E-state index is 13.3. The van der Waals surface area contributed by atoms with Crippen LogP contribution in [0.4, 0.5) is 4.39 Å². The number of methoxy groups -OCH3 is 1. The van der Waals surface area contributed by atoms with Crippen LogP contribution < -0.4 is 10.1 Å². The quantitative estimate of drug-likeness (QED) is 0.215. The van der Waals surface area contributed by atoms with Crippen LogP contribution in [0.15, 0.2) is 85.2 Å². The normalized spacial score (nSPS) is 11.1. The van der Waals surface area contributed by atoms with Crippen LogP contribution in [0.2, 0.25) is 0 Å². The van der Waals surface area contributed by atoms with Gasteiger partial charge in [-0.1, -0.05) is 6.07 Å². The molecule has 0 aliphatic heterocycles. The summed E-state index contributed by atoms with van der Waals surface area (Å²) in [5.74, 6) is 0.373. The molecule has 0 aliphatic rings. The number of rotatable bonds is 7. The molecule has 3 aromatic carbocycles. The van der Waals surface area contributed by atoms with Crippen molar-refractivity contribution in [1.82, 2.24) is 30.5 Å². The van der Waals surface area contributed by atoms with E-state index in [1.54, 1.807) is 62.0 Å². The van der Waals surface area contributed by atoms with Gasteiger partial charge in [0.25, 0.3) is 5.91 Å². The second-order valence-corrected chi connectivity index (χ2v) is 9.06. The summed E-state index contributed by atoms with van der Waals surface area (Å²) in [5.41, 5.74) is 5.95. The third-order valence-electron chi connectivity index (χ3n) is 6.55. The van der Waals surface area contributed by atoms with Crippen LogP contribution in [-0.4, -0.2) is 43.3 Å². The van der Waals surface area contributed by atoms with Gasteiger partial charge in [-0.3, -0.25) is 9.89 Å². The van der Waals surface area contributed by atoms with Crippen LogP contribution in [-0.2, 0) is 6.54 Å². The first kappa shape index (κ1) is 24.8. The predicted molar refractivity (Wildman–Crippen MR) is 148 cm³/mol. The van der Waals surface area contributed by atoms with Crippen LogP contribution in [0.1, 0.15) is 15.9 Å². The standard InChI is InChI=1S/C30H23FN6O3/c1-40-30-22(3-2-12-32-30)18-7-11-26(38)23(13-18)28-35-24-10-6-19(14-25(24)36-28)29(39)33-15-20-16-34-37-27(20)17-4-8-21(31)9-5-17/h2-14,16,38H,15H2,1H3,(H,33,39)(H,34,37)(H,35,36). The molecular weight excluding hydrogens is 511 g/mol. The minimum absolute atomic E-state index is 0.0562. The van der Waals surface area contributed by atoms with Gasteiger partial charge in [0.05, 0.1) is 29.4 Å². The number of halogens is 1. The number of ether oxygens (including phenoxy) is 1. The molecule has 6 aromatic rings. The van der Waals surface area contributed by atoms with Gasteiger partial charge in [0.2, 0.25) is 5.88 Å². The number of nitrogens with zero attached hydrogens (tertiary/aromatic N) is 3. The Labute approximate surface area is 227 Å². The number of aromatic amines is 2. The van der Waals surface area contributed by atoms with Crippen LogP contribution >= 0.6 is 0 Å². The van der Waals surface area contributed by atoms with E-state index in [4.69, 9.17) is 4.74 Å². The number of phenols is 1. The van der Waals surface area contributed by atoms with Crippen molar-refractivity contribution in [3.05, 3.63) is 102 Å². The first-order valence-electron chi connectivity index (χ1n) is 12.4. The molecule has 6 rings (SSSR count).